The Hall–Kier alpha value is -0.340. The van der Waals surface area contributed by atoms with Gasteiger partial charge in [0.25, 0.3) is 0 Å². The predicted octanol–water partition coefficient (Wildman–Crippen LogP) is 1.58. The lowest BCUT2D eigenvalue weighted by molar-refractivity contribution is 0.165. The molecular weight excluding hydrogens is 138 g/mol. The fourth-order valence-corrected chi connectivity index (χ4v) is 0.912. The van der Waals surface area contributed by atoms with Gasteiger partial charge in [-0.05, 0) is 19.4 Å². The van der Waals surface area contributed by atoms with Crippen LogP contribution in [-0.4, -0.2) is 26.3 Å². The molecule has 0 fully saturated rings. The van der Waals surface area contributed by atoms with Crippen LogP contribution < -0.4 is 5.32 Å². The first-order valence-electron chi connectivity index (χ1n) is 4.18. The summed E-state index contributed by atoms with van der Waals surface area (Å²) in [6.07, 6.45) is 4.07. The molecule has 0 saturated carbocycles. The number of ether oxygens (including phenoxy) is 1. The Labute approximate surface area is 69.6 Å². The van der Waals surface area contributed by atoms with E-state index < -0.39 is 0 Å². The van der Waals surface area contributed by atoms with E-state index in [2.05, 4.69) is 18.8 Å². The molecule has 0 aromatic carbocycles. The van der Waals surface area contributed by atoms with Crippen molar-refractivity contribution in [2.24, 2.45) is 0 Å². The molecular formula is C9H19NO. The zero-order chi connectivity index (χ0) is 8.53. The second kappa shape index (κ2) is 7.76. The molecule has 0 radical (unpaired) electrons. The first-order valence-corrected chi connectivity index (χ1v) is 4.18. The van der Waals surface area contributed by atoms with Crippen LogP contribution in [0.1, 0.15) is 19.8 Å². The van der Waals surface area contributed by atoms with E-state index in [4.69, 9.17) is 4.74 Å². The van der Waals surface area contributed by atoms with E-state index in [1.165, 1.54) is 0 Å². The fourth-order valence-electron chi connectivity index (χ4n) is 0.912. The van der Waals surface area contributed by atoms with E-state index in [1.54, 1.807) is 7.11 Å². The lowest BCUT2D eigenvalue weighted by Gasteiger charge is -2.14. The van der Waals surface area contributed by atoms with Gasteiger partial charge in [0.15, 0.2) is 0 Å². The Morgan fingerprint density at radius 3 is 2.82 bits per heavy atom. The number of hydrogen-bond donors (Lipinski definition) is 1. The summed E-state index contributed by atoms with van der Waals surface area (Å²) in [4.78, 5) is 0. The van der Waals surface area contributed by atoms with Crippen LogP contribution in [0, 0.1) is 0 Å². The van der Waals surface area contributed by atoms with Gasteiger partial charge in [0.05, 0.1) is 6.61 Å². The van der Waals surface area contributed by atoms with E-state index in [-0.39, 0.29) is 0 Å². The van der Waals surface area contributed by atoms with E-state index in [0.29, 0.717) is 6.04 Å². The van der Waals surface area contributed by atoms with Crippen LogP contribution in [0.3, 0.4) is 0 Å². The summed E-state index contributed by atoms with van der Waals surface area (Å²) < 4.78 is 5.04. The third-order valence-electron chi connectivity index (χ3n) is 1.64. The van der Waals surface area contributed by atoms with Gasteiger partial charge in [-0.3, -0.25) is 0 Å². The standard InChI is InChI=1S/C9H19NO/c1-4-6-7-10-9(5-2)8-11-3/h4,9-10H,1,5-8H2,2-3H3. The lowest BCUT2D eigenvalue weighted by atomic mass is 10.2. The molecule has 0 aliphatic carbocycles. The van der Waals surface area contributed by atoms with Crippen molar-refractivity contribution in [3.05, 3.63) is 12.7 Å². The van der Waals surface area contributed by atoms with Gasteiger partial charge in [-0.1, -0.05) is 13.0 Å². The number of methoxy groups -OCH3 is 1. The Kier molecular flexibility index (Phi) is 7.52. The first-order chi connectivity index (χ1) is 5.35. The van der Waals surface area contributed by atoms with Crippen molar-refractivity contribution in [2.45, 2.75) is 25.8 Å². The molecule has 0 heterocycles. The van der Waals surface area contributed by atoms with Gasteiger partial charge in [-0.15, -0.1) is 6.58 Å². The molecule has 66 valence electrons. The molecule has 0 saturated heterocycles. The number of hydrogen-bond acceptors (Lipinski definition) is 2. The summed E-state index contributed by atoms with van der Waals surface area (Å²) in [5, 5.41) is 3.38. The summed E-state index contributed by atoms with van der Waals surface area (Å²) in [7, 11) is 1.73. The van der Waals surface area contributed by atoms with Crippen molar-refractivity contribution in [1.82, 2.24) is 5.32 Å². The van der Waals surface area contributed by atoms with Crippen molar-refractivity contribution in [1.29, 1.82) is 0 Å². The minimum atomic E-state index is 0.500. The molecule has 0 amide bonds. The van der Waals surface area contributed by atoms with Gasteiger partial charge in [0.1, 0.15) is 0 Å². The van der Waals surface area contributed by atoms with Crippen LogP contribution in [0.2, 0.25) is 0 Å². The summed E-state index contributed by atoms with van der Waals surface area (Å²) in [6, 6.07) is 0.500. The molecule has 0 spiro atoms. The van der Waals surface area contributed by atoms with E-state index in [1.807, 2.05) is 6.08 Å². The molecule has 0 aliphatic heterocycles. The zero-order valence-corrected chi connectivity index (χ0v) is 7.60. The molecule has 0 bridgehead atoms. The molecule has 1 N–H and O–H groups in total. The number of rotatable bonds is 7. The molecule has 0 aliphatic rings. The maximum Gasteiger partial charge on any atom is 0.0615 e. The largest absolute Gasteiger partial charge is 0.383 e. The SMILES string of the molecule is C=CCCNC(CC)COC. The van der Waals surface area contributed by atoms with Gasteiger partial charge in [-0.25, -0.2) is 0 Å². The van der Waals surface area contributed by atoms with Crippen LogP contribution in [0.15, 0.2) is 12.7 Å². The molecule has 1 atom stereocenters. The van der Waals surface area contributed by atoms with Crippen molar-refractivity contribution < 1.29 is 4.74 Å². The Morgan fingerprint density at radius 1 is 1.64 bits per heavy atom. The third kappa shape index (κ3) is 6.07. The lowest BCUT2D eigenvalue weighted by Crippen LogP contribution is -2.33. The summed E-state index contributed by atoms with van der Waals surface area (Å²) in [6.45, 7) is 7.62. The van der Waals surface area contributed by atoms with Crippen LogP contribution in [0.5, 0.6) is 0 Å². The summed E-state index contributed by atoms with van der Waals surface area (Å²) in [5.74, 6) is 0. The Bertz CT molecular complexity index is 93.6. The quantitative estimate of drug-likeness (QED) is 0.447. The minimum Gasteiger partial charge on any atom is -0.383 e. The average Bonchev–Trinajstić information content (AvgIpc) is 2.03. The summed E-state index contributed by atoms with van der Waals surface area (Å²) in [5.41, 5.74) is 0. The highest BCUT2D eigenvalue weighted by molar-refractivity contribution is 4.70. The van der Waals surface area contributed by atoms with Crippen molar-refractivity contribution in [3.8, 4) is 0 Å². The highest BCUT2D eigenvalue weighted by Gasteiger charge is 2.01. The predicted molar refractivity (Wildman–Crippen MR) is 48.8 cm³/mol. The van der Waals surface area contributed by atoms with Gasteiger partial charge in [-0.2, -0.15) is 0 Å². The van der Waals surface area contributed by atoms with Crippen LogP contribution in [0.25, 0.3) is 0 Å². The highest BCUT2D eigenvalue weighted by atomic mass is 16.5. The summed E-state index contributed by atoms with van der Waals surface area (Å²) >= 11 is 0. The normalized spacial score (nSPS) is 12.9. The second-order valence-electron chi connectivity index (χ2n) is 2.59. The molecule has 1 unspecified atom stereocenters. The molecule has 11 heavy (non-hydrogen) atoms. The smallest absolute Gasteiger partial charge is 0.0615 e. The third-order valence-corrected chi connectivity index (χ3v) is 1.64. The van der Waals surface area contributed by atoms with E-state index in [9.17, 15) is 0 Å². The molecule has 2 heteroatoms. The van der Waals surface area contributed by atoms with E-state index >= 15 is 0 Å². The fraction of sp³-hybridized carbons (Fsp3) is 0.778. The monoisotopic (exact) mass is 157 g/mol. The maximum atomic E-state index is 5.04. The minimum absolute atomic E-state index is 0.500. The van der Waals surface area contributed by atoms with Gasteiger partial charge < -0.3 is 10.1 Å². The molecule has 0 aromatic heterocycles. The Balaban J connectivity index is 3.27. The van der Waals surface area contributed by atoms with E-state index in [0.717, 1.165) is 26.0 Å². The molecule has 2 nitrogen and oxygen atoms in total. The van der Waals surface area contributed by atoms with Crippen molar-refractivity contribution in [2.75, 3.05) is 20.3 Å². The topological polar surface area (TPSA) is 21.3 Å². The van der Waals surface area contributed by atoms with Crippen molar-refractivity contribution >= 4 is 0 Å². The molecule has 0 aromatic rings. The van der Waals surface area contributed by atoms with Crippen LogP contribution in [0.4, 0.5) is 0 Å². The number of nitrogens with one attached hydrogen (secondary N) is 1. The Morgan fingerprint density at radius 2 is 2.36 bits per heavy atom. The molecule has 0 rings (SSSR count). The van der Waals surface area contributed by atoms with Crippen LogP contribution in [-0.2, 0) is 4.74 Å². The highest BCUT2D eigenvalue weighted by Crippen LogP contribution is 1.91. The maximum absolute atomic E-state index is 5.04. The van der Waals surface area contributed by atoms with Gasteiger partial charge in [0, 0.05) is 13.2 Å². The average molecular weight is 157 g/mol. The second-order valence-corrected chi connectivity index (χ2v) is 2.59. The zero-order valence-electron chi connectivity index (χ0n) is 7.60. The van der Waals surface area contributed by atoms with Crippen molar-refractivity contribution in [3.63, 3.8) is 0 Å². The first kappa shape index (κ1) is 10.7. The van der Waals surface area contributed by atoms with Gasteiger partial charge >= 0.3 is 0 Å². The van der Waals surface area contributed by atoms with Crippen LogP contribution >= 0.6 is 0 Å². The van der Waals surface area contributed by atoms with Gasteiger partial charge in [0.2, 0.25) is 0 Å².